The van der Waals surface area contributed by atoms with E-state index in [9.17, 15) is 4.79 Å². The SMILES string of the molecule is Cc1ccc(N2CCC(CNC(=O)O)CC2)nn1. The zero-order valence-electron chi connectivity index (χ0n) is 10.5. The molecule has 2 heterocycles. The maximum atomic E-state index is 10.4. The van der Waals surface area contributed by atoms with Crippen LogP contribution in [0.25, 0.3) is 0 Å². The van der Waals surface area contributed by atoms with Gasteiger partial charge in [0.15, 0.2) is 5.82 Å². The largest absolute Gasteiger partial charge is 0.465 e. The molecule has 0 atom stereocenters. The summed E-state index contributed by atoms with van der Waals surface area (Å²) in [7, 11) is 0. The van der Waals surface area contributed by atoms with Gasteiger partial charge in [-0.1, -0.05) is 0 Å². The van der Waals surface area contributed by atoms with Gasteiger partial charge in [-0.2, -0.15) is 5.10 Å². The Balaban J connectivity index is 1.83. The molecule has 1 amide bonds. The molecule has 1 saturated heterocycles. The molecule has 1 fully saturated rings. The van der Waals surface area contributed by atoms with Crippen LogP contribution in [0.4, 0.5) is 10.6 Å². The number of anilines is 1. The fraction of sp³-hybridized carbons (Fsp3) is 0.583. The van der Waals surface area contributed by atoms with E-state index in [1.54, 1.807) is 0 Å². The van der Waals surface area contributed by atoms with Gasteiger partial charge in [0.1, 0.15) is 0 Å². The molecule has 0 spiro atoms. The topological polar surface area (TPSA) is 78.4 Å². The number of nitrogens with one attached hydrogen (secondary N) is 1. The van der Waals surface area contributed by atoms with E-state index in [0.717, 1.165) is 37.4 Å². The molecule has 1 aliphatic heterocycles. The Morgan fingerprint density at radius 2 is 2.17 bits per heavy atom. The monoisotopic (exact) mass is 250 g/mol. The minimum absolute atomic E-state index is 0.427. The third kappa shape index (κ3) is 3.32. The van der Waals surface area contributed by atoms with Gasteiger partial charge in [-0.3, -0.25) is 0 Å². The van der Waals surface area contributed by atoms with Crippen LogP contribution in [0.15, 0.2) is 12.1 Å². The van der Waals surface area contributed by atoms with Crippen molar-refractivity contribution in [3.05, 3.63) is 17.8 Å². The van der Waals surface area contributed by atoms with Crippen molar-refractivity contribution in [1.82, 2.24) is 15.5 Å². The molecule has 0 bridgehead atoms. The number of nitrogens with zero attached hydrogens (tertiary/aromatic N) is 3. The van der Waals surface area contributed by atoms with Crippen LogP contribution in [0.3, 0.4) is 0 Å². The maximum absolute atomic E-state index is 10.4. The second-order valence-corrected chi connectivity index (χ2v) is 4.65. The van der Waals surface area contributed by atoms with E-state index in [0.29, 0.717) is 12.5 Å². The number of hydrogen-bond donors (Lipinski definition) is 2. The third-order valence-electron chi connectivity index (χ3n) is 3.26. The number of rotatable bonds is 3. The quantitative estimate of drug-likeness (QED) is 0.844. The van der Waals surface area contributed by atoms with Gasteiger partial charge in [-0.15, -0.1) is 5.10 Å². The molecule has 2 N–H and O–H groups in total. The van der Waals surface area contributed by atoms with Crippen molar-refractivity contribution in [2.45, 2.75) is 19.8 Å². The van der Waals surface area contributed by atoms with Crippen LogP contribution in [0.5, 0.6) is 0 Å². The van der Waals surface area contributed by atoms with Crippen LogP contribution < -0.4 is 10.2 Å². The first-order valence-corrected chi connectivity index (χ1v) is 6.17. The normalized spacial score (nSPS) is 16.6. The Hall–Kier alpha value is -1.85. The first kappa shape index (κ1) is 12.6. The minimum atomic E-state index is -0.943. The van der Waals surface area contributed by atoms with Gasteiger partial charge in [-0.25, -0.2) is 4.79 Å². The highest BCUT2D eigenvalue weighted by Gasteiger charge is 2.20. The summed E-state index contributed by atoms with van der Waals surface area (Å²) in [6, 6.07) is 3.94. The zero-order valence-corrected chi connectivity index (χ0v) is 10.5. The fourth-order valence-corrected chi connectivity index (χ4v) is 2.16. The standard InChI is InChI=1S/C12H18N4O2/c1-9-2-3-11(15-14-9)16-6-4-10(5-7-16)8-13-12(17)18/h2-3,10,13H,4-8H2,1H3,(H,17,18). The number of aryl methyl sites for hydroxylation is 1. The molecule has 18 heavy (non-hydrogen) atoms. The van der Waals surface area contributed by atoms with Crippen LogP contribution in [-0.4, -0.2) is 41.0 Å². The number of aromatic nitrogens is 2. The van der Waals surface area contributed by atoms with Gasteiger partial charge in [0.05, 0.1) is 5.69 Å². The summed E-state index contributed by atoms with van der Waals surface area (Å²) in [5, 5.41) is 19.2. The Morgan fingerprint density at radius 1 is 1.44 bits per heavy atom. The average Bonchev–Trinajstić information content (AvgIpc) is 2.38. The fourth-order valence-electron chi connectivity index (χ4n) is 2.16. The highest BCUT2D eigenvalue weighted by molar-refractivity contribution is 5.64. The van der Waals surface area contributed by atoms with E-state index >= 15 is 0 Å². The Bertz CT molecular complexity index is 399. The van der Waals surface area contributed by atoms with Crippen molar-refractivity contribution in [1.29, 1.82) is 0 Å². The van der Waals surface area contributed by atoms with Gasteiger partial charge >= 0.3 is 6.09 Å². The first-order valence-electron chi connectivity index (χ1n) is 6.17. The maximum Gasteiger partial charge on any atom is 0.404 e. The second kappa shape index (κ2) is 5.66. The molecule has 0 aromatic carbocycles. The molecule has 6 heteroatoms. The van der Waals surface area contributed by atoms with E-state index in [2.05, 4.69) is 20.4 Å². The second-order valence-electron chi connectivity index (χ2n) is 4.65. The van der Waals surface area contributed by atoms with Crippen LogP contribution in [0.1, 0.15) is 18.5 Å². The lowest BCUT2D eigenvalue weighted by Gasteiger charge is -2.32. The highest BCUT2D eigenvalue weighted by atomic mass is 16.4. The molecule has 98 valence electrons. The molecule has 2 rings (SSSR count). The lowest BCUT2D eigenvalue weighted by Crippen LogP contribution is -2.38. The molecule has 0 unspecified atom stereocenters. The van der Waals surface area contributed by atoms with Crippen molar-refractivity contribution < 1.29 is 9.90 Å². The third-order valence-corrected chi connectivity index (χ3v) is 3.26. The van der Waals surface area contributed by atoms with Gasteiger partial charge in [0.25, 0.3) is 0 Å². The molecule has 0 saturated carbocycles. The van der Waals surface area contributed by atoms with Crippen molar-refractivity contribution in [3.63, 3.8) is 0 Å². The lowest BCUT2D eigenvalue weighted by atomic mass is 9.97. The molecule has 1 aliphatic rings. The summed E-state index contributed by atoms with van der Waals surface area (Å²) in [4.78, 5) is 12.6. The predicted octanol–water partition coefficient (Wildman–Crippen LogP) is 1.27. The molecular formula is C12H18N4O2. The number of piperidine rings is 1. The van der Waals surface area contributed by atoms with Crippen LogP contribution >= 0.6 is 0 Å². The summed E-state index contributed by atoms with van der Waals surface area (Å²) in [6.07, 6.45) is 1.02. The van der Waals surface area contributed by atoms with Gasteiger partial charge < -0.3 is 15.3 Å². The van der Waals surface area contributed by atoms with E-state index in [4.69, 9.17) is 5.11 Å². The van der Waals surface area contributed by atoms with E-state index in [-0.39, 0.29) is 0 Å². The predicted molar refractivity (Wildman–Crippen MR) is 67.7 cm³/mol. The van der Waals surface area contributed by atoms with Crippen LogP contribution in [-0.2, 0) is 0 Å². The molecule has 1 aromatic rings. The zero-order chi connectivity index (χ0) is 13.0. The molecule has 6 nitrogen and oxygen atoms in total. The summed E-state index contributed by atoms with van der Waals surface area (Å²) in [5.74, 6) is 1.33. The van der Waals surface area contributed by atoms with Crippen LogP contribution in [0.2, 0.25) is 0 Å². The molecule has 1 aromatic heterocycles. The summed E-state index contributed by atoms with van der Waals surface area (Å²) < 4.78 is 0. The molecule has 0 aliphatic carbocycles. The van der Waals surface area contributed by atoms with Crippen molar-refractivity contribution in [2.24, 2.45) is 5.92 Å². The average molecular weight is 250 g/mol. The number of carboxylic acid groups (broad SMARTS) is 1. The molecular weight excluding hydrogens is 232 g/mol. The Kier molecular flexibility index (Phi) is 3.96. The first-order chi connectivity index (χ1) is 8.65. The van der Waals surface area contributed by atoms with Crippen molar-refractivity contribution >= 4 is 11.9 Å². The van der Waals surface area contributed by atoms with Gasteiger partial charge in [-0.05, 0) is 37.8 Å². The van der Waals surface area contributed by atoms with E-state index < -0.39 is 6.09 Å². The summed E-state index contributed by atoms with van der Waals surface area (Å²) in [6.45, 7) is 4.27. The molecule has 0 radical (unpaired) electrons. The summed E-state index contributed by atoms with van der Waals surface area (Å²) >= 11 is 0. The highest BCUT2D eigenvalue weighted by Crippen LogP contribution is 2.20. The number of carbonyl (C=O) groups is 1. The Labute approximate surface area is 106 Å². The lowest BCUT2D eigenvalue weighted by molar-refractivity contribution is 0.191. The van der Waals surface area contributed by atoms with Crippen molar-refractivity contribution in [3.8, 4) is 0 Å². The smallest absolute Gasteiger partial charge is 0.404 e. The number of amides is 1. The van der Waals surface area contributed by atoms with Crippen molar-refractivity contribution in [2.75, 3.05) is 24.5 Å². The van der Waals surface area contributed by atoms with Gasteiger partial charge in [0, 0.05) is 19.6 Å². The summed E-state index contributed by atoms with van der Waals surface area (Å²) in [5.41, 5.74) is 0.916. The number of hydrogen-bond acceptors (Lipinski definition) is 4. The van der Waals surface area contributed by atoms with Crippen LogP contribution in [0, 0.1) is 12.8 Å². The van der Waals surface area contributed by atoms with E-state index in [1.165, 1.54) is 0 Å². The van der Waals surface area contributed by atoms with E-state index in [1.807, 2.05) is 19.1 Å². The van der Waals surface area contributed by atoms with Gasteiger partial charge in [0.2, 0.25) is 0 Å². The minimum Gasteiger partial charge on any atom is -0.465 e. The Morgan fingerprint density at radius 3 is 2.72 bits per heavy atom.